The summed E-state index contributed by atoms with van der Waals surface area (Å²) in [5.41, 5.74) is 6.21. The van der Waals surface area contributed by atoms with Gasteiger partial charge in [0.05, 0.1) is 0 Å². The zero-order chi connectivity index (χ0) is 14.8. The molecule has 112 valence electrons. The molecule has 1 heterocycles. The Balaban J connectivity index is 2.12. The van der Waals surface area contributed by atoms with Crippen molar-refractivity contribution in [3.63, 3.8) is 0 Å². The zero-order valence-corrected chi connectivity index (χ0v) is 13.0. The van der Waals surface area contributed by atoms with Crippen LogP contribution in [0.25, 0.3) is 0 Å². The summed E-state index contributed by atoms with van der Waals surface area (Å²) < 4.78 is 0. The van der Waals surface area contributed by atoms with Crippen molar-refractivity contribution >= 4 is 17.8 Å². The maximum absolute atomic E-state index is 5.81. The van der Waals surface area contributed by atoms with E-state index in [-0.39, 0.29) is 5.95 Å². The van der Waals surface area contributed by atoms with E-state index in [1.165, 1.54) is 6.42 Å². The number of nitrogens with two attached hydrogens (primary N) is 1. The van der Waals surface area contributed by atoms with E-state index < -0.39 is 0 Å². The van der Waals surface area contributed by atoms with Gasteiger partial charge in [0.1, 0.15) is 0 Å². The Hall–Kier alpha value is -1.59. The summed E-state index contributed by atoms with van der Waals surface area (Å²) in [6.45, 7) is 10.5. The fraction of sp³-hybridized carbons (Fsp3) is 0.786. The summed E-state index contributed by atoms with van der Waals surface area (Å²) in [5.74, 6) is 1.53. The lowest BCUT2D eigenvalue weighted by atomic mass is 9.92. The number of nitrogen functional groups attached to an aromatic ring is 1. The third-order valence-corrected chi connectivity index (χ3v) is 3.99. The Morgan fingerprint density at radius 3 is 2.50 bits per heavy atom. The summed E-state index contributed by atoms with van der Waals surface area (Å²) in [4.78, 5) is 15.0. The molecule has 0 amide bonds. The largest absolute Gasteiger partial charge is 0.368 e. The number of hydrogen-bond donors (Lipinski definition) is 2. The molecule has 0 saturated heterocycles. The molecule has 6 heteroatoms. The summed E-state index contributed by atoms with van der Waals surface area (Å²) in [6, 6.07) is 0.427. The lowest BCUT2D eigenvalue weighted by Crippen LogP contribution is -2.26. The van der Waals surface area contributed by atoms with Gasteiger partial charge in [-0.15, -0.1) is 0 Å². The van der Waals surface area contributed by atoms with Gasteiger partial charge in [-0.2, -0.15) is 15.0 Å². The lowest BCUT2D eigenvalue weighted by molar-refractivity contribution is 0.378. The normalized spacial score (nSPS) is 20.9. The van der Waals surface area contributed by atoms with Gasteiger partial charge in [-0.3, -0.25) is 0 Å². The first-order valence-corrected chi connectivity index (χ1v) is 7.46. The highest BCUT2D eigenvalue weighted by molar-refractivity contribution is 5.42. The molecule has 1 atom stereocenters. The van der Waals surface area contributed by atoms with E-state index in [4.69, 9.17) is 5.73 Å². The van der Waals surface area contributed by atoms with Crippen molar-refractivity contribution in [1.29, 1.82) is 0 Å². The Labute approximate surface area is 121 Å². The standard InChI is InChI=1S/C14H26N6/c1-5-20(6-2)13-18-11(15)17-12(19-13)16-10-7-8-14(3,4)9-10/h10H,5-9H2,1-4H3,(H3,15,16,17,18,19). The predicted octanol–water partition coefficient (Wildman–Crippen LogP) is 2.29. The highest BCUT2D eigenvalue weighted by Gasteiger charge is 2.31. The molecule has 0 bridgehead atoms. The quantitative estimate of drug-likeness (QED) is 0.860. The van der Waals surface area contributed by atoms with E-state index >= 15 is 0 Å². The van der Waals surface area contributed by atoms with Crippen LogP contribution in [0.3, 0.4) is 0 Å². The van der Waals surface area contributed by atoms with Crippen LogP contribution in [0.1, 0.15) is 47.0 Å². The van der Waals surface area contributed by atoms with Crippen molar-refractivity contribution in [3.05, 3.63) is 0 Å². The maximum Gasteiger partial charge on any atom is 0.231 e. The van der Waals surface area contributed by atoms with E-state index in [1.807, 2.05) is 0 Å². The third-order valence-electron chi connectivity index (χ3n) is 3.99. The first kappa shape index (κ1) is 14.8. The van der Waals surface area contributed by atoms with Crippen molar-refractivity contribution in [1.82, 2.24) is 15.0 Å². The minimum absolute atomic E-state index is 0.279. The number of nitrogens with zero attached hydrogens (tertiary/aromatic N) is 4. The Kier molecular flexibility index (Phi) is 4.30. The first-order chi connectivity index (χ1) is 9.43. The molecule has 1 fully saturated rings. The second-order valence-corrected chi connectivity index (χ2v) is 6.24. The molecular weight excluding hydrogens is 252 g/mol. The van der Waals surface area contributed by atoms with Gasteiger partial charge >= 0.3 is 0 Å². The number of rotatable bonds is 5. The topological polar surface area (TPSA) is 80.0 Å². The van der Waals surface area contributed by atoms with Crippen LogP contribution in [-0.4, -0.2) is 34.1 Å². The van der Waals surface area contributed by atoms with Crippen LogP contribution in [0.4, 0.5) is 17.8 Å². The van der Waals surface area contributed by atoms with Crippen LogP contribution in [0.5, 0.6) is 0 Å². The highest BCUT2D eigenvalue weighted by Crippen LogP contribution is 2.38. The average Bonchev–Trinajstić information content (AvgIpc) is 2.69. The summed E-state index contributed by atoms with van der Waals surface area (Å²) in [7, 11) is 0. The molecule has 0 aromatic carbocycles. The van der Waals surface area contributed by atoms with Crippen molar-refractivity contribution in [2.24, 2.45) is 5.41 Å². The van der Waals surface area contributed by atoms with Gasteiger partial charge in [0.25, 0.3) is 0 Å². The minimum atomic E-state index is 0.279. The molecule has 20 heavy (non-hydrogen) atoms. The van der Waals surface area contributed by atoms with E-state index in [0.717, 1.165) is 25.9 Å². The zero-order valence-electron chi connectivity index (χ0n) is 13.0. The predicted molar refractivity (Wildman–Crippen MR) is 82.8 cm³/mol. The molecule has 3 N–H and O–H groups in total. The minimum Gasteiger partial charge on any atom is -0.368 e. The molecule has 0 spiro atoms. The van der Waals surface area contributed by atoms with Gasteiger partial charge in [0, 0.05) is 19.1 Å². The SMILES string of the molecule is CCN(CC)c1nc(N)nc(NC2CCC(C)(C)C2)n1. The molecule has 0 aliphatic heterocycles. The summed E-state index contributed by atoms with van der Waals surface area (Å²) in [6.07, 6.45) is 3.52. The van der Waals surface area contributed by atoms with Crippen LogP contribution in [0.15, 0.2) is 0 Å². The lowest BCUT2D eigenvalue weighted by Gasteiger charge is -2.21. The molecule has 1 saturated carbocycles. The van der Waals surface area contributed by atoms with Crippen LogP contribution >= 0.6 is 0 Å². The fourth-order valence-corrected chi connectivity index (χ4v) is 2.83. The monoisotopic (exact) mass is 278 g/mol. The molecule has 1 aromatic heterocycles. The van der Waals surface area contributed by atoms with Crippen molar-refractivity contribution in [2.75, 3.05) is 29.0 Å². The number of anilines is 3. The van der Waals surface area contributed by atoms with E-state index in [1.54, 1.807) is 0 Å². The molecule has 1 aliphatic carbocycles. The molecule has 1 unspecified atom stereocenters. The van der Waals surface area contributed by atoms with Gasteiger partial charge in [-0.1, -0.05) is 13.8 Å². The van der Waals surface area contributed by atoms with Crippen LogP contribution < -0.4 is 16.0 Å². The van der Waals surface area contributed by atoms with Crippen LogP contribution in [-0.2, 0) is 0 Å². The fourth-order valence-electron chi connectivity index (χ4n) is 2.83. The van der Waals surface area contributed by atoms with E-state index in [9.17, 15) is 0 Å². The Morgan fingerprint density at radius 2 is 1.95 bits per heavy atom. The van der Waals surface area contributed by atoms with Gasteiger partial charge in [-0.25, -0.2) is 0 Å². The van der Waals surface area contributed by atoms with E-state index in [2.05, 4.69) is 52.9 Å². The van der Waals surface area contributed by atoms with Crippen molar-refractivity contribution in [2.45, 2.75) is 53.0 Å². The molecule has 1 aromatic rings. The summed E-state index contributed by atoms with van der Waals surface area (Å²) in [5, 5.41) is 3.41. The van der Waals surface area contributed by atoms with Gasteiger partial charge < -0.3 is 16.0 Å². The molecule has 6 nitrogen and oxygen atoms in total. The number of hydrogen-bond acceptors (Lipinski definition) is 6. The van der Waals surface area contributed by atoms with E-state index in [0.29, 0.717) is 23.4 Å². The second-order valence-electron chi connectivity index (χ2n) is 6.24. The number of aromatic nitrogens is 3. The van der Waals surface area contributed by atoms with Gasteiger partial charge in [0.2, 0.25) is 17.8 Å². The summed E-state index contributed by atoms with van der Waals surface area (Å²) >= 11 is 0. The van der Waals surface area contributed by atoms with Crippen molar-refractivity contribution < 1.29 is 0 Å². The van der Waals surface area contributed by atoms with Crippen LogP contribution in [0, 0.1) is 5.41 Å². The van der Waals surface area contributed by atoms with Crippen molar-refractivity contribution in [3.8, 4) is 0 Å². The molecule has 2 rings (SSSR count). The van der Waals surface area contributed by atoms with Gasteiger partial charge in [0.15, 0.2) is 0 Å². The Bertz CT molecular complexity index is 455. The first-order valence-electron chi connectivity index (χ1n) is 7.46. The molecule has 1 aliphatic rings. The average molecular weight is 278 g/mol. The molecule has 0 radical (unpaired) electrons. The highest BCUT2D eigenvalue weighted by atomic mass is 15.3. The maximum atomic E-state index is 5.81. The second kappa shape index (κ2) is 5.81. The third kappa shape index (κ3) is 3.49. The smallest absolute Gasteiger partial charge is 0.231 e. The van der Waals surface area contributed by atoms with Crippen LogP contribution in [0.2, 0.25) is 0 Å². The molecular formula is C14H26N6. The van der Waals surface area contributed by atoms with Gasteiger partial charge in [-0.05, 0) is 38.5 Å². The number of nitrogens with one attached hydrogen (secondary N) is 1. The Morgan fingerprint density at radius 1 is 1.25 bits per heavy atom.